The number of hydrogen-bond donors (Lipinski definition) is 1. The van der Waals surface area contributed by atoms with Crippen LogP contribution in [0.2, 0.25) is 0 Å². The van der Waals surface area contributed by atoms with Crippen LogP contribution in [-0.2, 0) is 4.74 Å². The lowest BCUT2D eigenvalue weighted by Crippen LogP contribution is -1.95. The summed E-state index contributed by atoms with van der Waals surface area (Å²) in [5.74, 6) is 0. The Balaban J connectivity index is 1.95. The first-order valence-corrected chi connectivity index (χ1v) is 5.95. The van der Waals surface area contributed by atoms with Gasteiger partial charge in [0.1, 0.15) is 11.3 Å². The molecule has 1 fully saturated rings. The van der Waals surface area contributed by atoms with Gasteiger partial charge in [0.25, 0.3) is 0 Å². The number of nitrogens with one attached hydrogen (secondary N) is 1. The molecule has 1 unspecified atom stereocenters. The summed E-state index contributed by atoms with van der Waals surface area (Å²) in [7, 11) is 0. The minimum absolute atomic E-state index is 0.0315. The maximum absolute atomic E-state index is 11.2. The molecule has 3 aromatic rings. The minimum Gasteiger partial charge on any atom is -0.349 e. The average Bonchev–Trinajstić information content (AvgIpc) is 3.03. The molecule has 3 aromatic heterocycles. The molecular weight excluding hydrogens is 244 g/mol. The fourth-order valence-corrected chi connectivity index (χ4v) is 2.24. The number of H-pyrrole nitrogens is 1. The molecule has 6 nitrogen and oxygen atoms in total. The number of aromatic nitrogens is 4. The van der Waals surface area contributed by atoms with Gasteiger partial charge in [-0.1, -0.05) is 0 Å². The molecule has 0 aromatic carbocycles. The zero-order valence-corrected chi connectivity index (χ0v) is 9.91. The van der Waals surface area contributed by atoms with Gasteiger partial charge in [0.2, 0.25) is 0 Å². The maximum atomic E-state index is 11.2. The van der Waals surface area contributed by atoms with Gasteiger partial charge < -0.3 is 9.72 Å². The second-order valence-corrected chi connectivity index (χ2v) is 4.41. The molecule has 6 heteroatoms. The Morgan fingerprint density at radius 3 is 3.11 bits per heavy atom. The number of ether oxygens (including phenoxy) is 1. The summed E-state index contributed by atoms with van der Waals surface area (Å²) in [4.78, 5) is 18.5. The molecule has 0 radical (unpaired) electrons. The Morgan fingerprint density at radius 2 is 2.32 bits per heavy atom. The number of epoxide rings is 1. The van der Waals surface area contributed by atoms with Gasteiger partial charge in [-0.3, -0.25) is 4.79 Å². The highest BCUT2D eigenvalue weighted by Gasteiger charge is 2.27. The zero-order chi connectivity index (χ0) is 12.8. The van der Waals surface area contributed by atoms with Gasteiger partial charge in [-0.15, -0.1) is 0 Å². The first kappa shape index (κ1) is 10.5. The molecule has 4 heterocycles. The topological polar surface area (TPSA) is 76.1 Å². The van der Waals surface area contributed by atoms with Crippen molar-refractivity contribution in [3.8, 4) is 11.1 Å². The third-order valence-electron chi connectivity index (χ3n) is 3.23. The number of fused-ring (bicyclic) bond motifs is 1. The zero-order valence-electron chi connectivity index (χ0n) is 9.91. The highest BCUT2D eigenvalue weighted by molar-refractivity contribution is 5.97. The highest BCUT2D eigenvalue weighted by atomic mass is 16.6. The minimum atomic E-state index is -0.0315. The molecule has 0 amide bonds. The standard InChI is InChI=1S/C13H10N4O2/c18-6-11-10(5-17(16-11)12-7-19-12)8-1-3-14-13-9(8)2-4-15-13/h1-6,12H,7H2,(H,14,15). The van der Waals surface area contributed by atoms with Gasteiger partial charge in [0.15, 0.2) is 12.5 Å². The quantitative estimate of drug-likeness (QED) is 0.571. The SMILES string of the molecule is O=Cc1nn(C2CO2)cc1-c1ccnc2[nH]ccc12. The van der Waals surface area contributed by atoms with Gasteiger partial charge in [0.05, 0.1) is 6.61 Å². The van der Waals surface area contributed by atoms with Crippen molar-refractivity contribution in [1.29, 1.82) is 0 Å². The lowest BCUT2D eigenvalue weighted by atomic mass is 10.1. The first-order valence-electron chi connectivity index (χ1n) is 5.95. The molecule has 94 valence electrons. The summed E-state index contributed by atoms with van der Waals surface area (Å²) < 4.78 is 6.87. The smallest absolute Gasteiger partial charge is 0.173 e. The second-order valence-electron chi connectivity index (χ2n) is 4.41. The predicted octanol–water partition coefficient (Wildman–Crippen LogP) is 1.77. The van der Waals surface area contributed by atoms with E-state index >= 15 is 0 Å². The number of aldehydes is 1. The van der Waals surface area contributed by atoms with Crippen molar-refractivity contribution in [2.75, 3.05) is 6.61 Å². The van der Waals surface area contributed by atoms with Crippen molar-refractivity contribution in [3.63, 3.8) is 0 Å². The van der Waals surface area contributed by atoms with E-state index in [4.69, 9.17) is 4.74 Å². The van der Waals surface area contributed by atoms with E-state index in [1.165, 1.54) is 0 Å². The lowest BCUT2D eigenvalue weighted by molar-refractivity contribution is 0.111. The molecule has 0 spiro atoms. The number of pyridine rings is 1. The molecule has 1 N–H and O–H groups in total. The van der Waals surface area contributed by atoms with Crippen LogP contribution in [0.5, 0.6) is 0 Å². The number of aromatic amines is 1. The van der Waals surface area contributed by atoms with Crippen LogP contribution in [-0.4, -0.2) is 32.6 Å². The van der Waals surface area contributed by atoms with Crippen LogP contribution in [0.3, 0.4) is 0 Å². The highest BCUT2D eigenvalue weighted by Crippen LogP contribution is 2.31. The predicted molar refractivity (Wildman–Crippen MR) is 67.7 cm³/mol. The molecule has 4 rings (SSSR count). The largest absolute Gasteiger partial charge is 0.349 e. The van der Waals surface area contributed by atoms with Crippen LogP contribution in [0.25, 0.3) is 22.2 Å². The van der Waals surface area contributed by atoms with Crippen LogP contribution in [0.15, 0.2) is 30.7 Å². The van der Waals surface area contributed by atoms with E-state index in [0.717, 1.165) is 28.4 Å². The maximum Gasteiger partial charge on any atom is 0.173 e. The van der Waals surface area contributed by atoms with Crippen LogP contribution in [0.4, 0.5) is 0 Å². The molecule has 0 aliphatic carbocycles. The van der Waals surface area contributed by atoms with Crippen molar-refractivity contribution in [1.82, 2.24) is 19.7 Å². The van der Waals surface area contributed by atoms with Crippen LogP contribution < -0.4 is 0 Å². The van der Waals surface area contributed by atoms with Gasteiger partial charge in [-0.05, 0) is 17.7 Å². The fraction of sp³-hybridized carbons (Fsp3) is 0.154. The van der Waals surface area contributed by atoms with E-state index in [9.17, 15) is 4.79 Å². The molecule has 1 aliphatic rings. The Hall–Kier alpha value is -2.47. The molecular formula is C13H10N4O2. The second kappa shape index (κ2) is 3.76. The third-order valence-corrected chi connectivity index (χ3v) is 3.23. The Labute approximate surface area is 108 Å². The van der Waals surface area contributed by atoms with Crippen molar-refractivity contribution in [3.05, 3.63) is 36.4 Å². The van der Waals surface area contributed by atoms with Gasteiger partial charge in [0, 0.05) is 29.5 Å². The molecule has 1 aliphatic heterocycles. The van der Waals surface area contributed by atoms with E-state index in [-0.39, 0.29) is 6.23 Å². The number of carbonyl (C=O) groups excluding carboxylic acids is 1. The number of nitrogens with zero attached hydrogens (tertiary/aromatic N) is 3. The van der Waals surface area contributed by atoms with E-state index < -0.39 is 0 Å². The lowest BCUT2D eigenvalue weighted by Gasteiger charge is -2.00. The van der Waals surface area contributed by atoms with E-state index in [0.29, 0.717) is 12.3 Å². The number of carbonyl (C=O) groups is 1. The summed E-state index contributed by atoms with van der Waals surface area (Å²) in [6.07, 6.45) is 6.14. The monoisotopic (exact) mass is 254 g/mol. The fourth-order valence-electron chi connectivity index (χ4n) is 2.24. The van der Waals surface area contributed by atoms with Gasteiger partial charge in [-0.25, -0.2) is 9.67 Å². The van der Waals surface area contributed by atoms with Crippen molar-refractivity contribution < 1.29 is 9.53 Å². The van der Waals surface area contributed by atoms with Crippen LogP contribution in [0.1, 0.15) is 16.7 Å². The normalized spacial score (nSPS) is 17.8. The Morgan fingerprint density at radius 1 is 1.42 bits per heavy atom. The van der Waals surface area contributed by atoms with Crippen molar-refractivity contribution >= 4 is 17.3 Å². The average molecular weight is 254 g/mol. The summed E-state index contributed by atoms with van der Waals surface area (Å²) in [5.41, 5.74) is 2.96. The summed E-state index contributed by atoms with van der Waals surface area (Å²) in [6.45, 7) is 0.648. The Kier molecular flexibility index (Phi) is 2.07. The van der Waals surface area contributed by atoms with E-state index in [1.54, 1.807) is 10.9 Å². The summed E-state index contributed by atoms with van der Waals surface area (Å²) >= 11 is 0. The molecule has 19 heavy (non-hydrogen) atoms. The van der Waals surface area contributed by atoms with Crippen molar-refractivity contribution in [2.24, 2.45) is 0 Å². The number of hydrogen-bond acceptors (Lipinski definition) is 4. The van der Waals surface area contributed by atoms with Gasteiger partial charge >= 0.3 is 0 Å². The van der Waals surface area contributed by atoms with Gasteiger partial charge in [-0.2, -0.15) is 5.10 Å². The summed E-state index contributed by atoms with van der Waals surface area (Å²) in [6, 6.07) is 3.83. The third kappa shape index (κ3) is 1.57. The molecule has 0 bridgehead atoms. The van der Waals surface area contributed by atoms with Crippen molar-refractivity contribution in [2.45, 2.75) is 6.23 Å². The molecule has 0 saturated carbocycles. The molecule has 1 saturated heterocycles. The first-order chi connectivity index (χ1) is 9.36. The Bertz CT molecular complexity index is 770. The molecule has 1 atom stereocenters. The number of rotatable bonds is 3. The van der Waals surface area contributed by atoms with E-state index in [1.807, 2.05) is 24.5 Å². The summed E-state index contributed by atoms with van der Waals surface area (Å²) in [5, 5.41) is 5.23. The van der Waals surface area contributed by atoms with Crippen LogP contribution in [0, 0.1) is 0 Å². The van der Waals surface area contributed by atoms with Crippen LogP contribution >= 0.6 is 0 Å². The van der Waals surface area contributed by atoms with E-state index in [2.05, 4.69) is 15.1 Å².